The first-order valence-corrected chi connectivity index (χ1v) is 13.6. The molecule has 1 saturated heterocycles. The molecule has 2 aromatic rings. The van der Waals surface area contributed by atoms with Crippen molar-refractivity contribution < 1.29 is 28.1 Å². The first-order chi connectivity index (χ1) is 17.9. The summed E-state index contributed by atoms with van der Waals surface area (Å²) in [6.45, 7) is 20.4. The largest absolute Gasteiger partial charge is 0.494 e. The zero-order chi connectivity index (χ0) is 29.0. The molecule has 0 saturated carbocycles. The summed E-state index contributed by atoms with van der Waals surface area (Å²) in [5.74, 6) is -0.384. The number of benzene rings is 1. The lowest BCUT2D eigenvalue weighted by Gasteiger charge is -2.32. The molecule has 1 aromatic heterocycles. The van der Waals surface area contributed by atoms with Crippen LogP contribution in [0.25, 0.3) is 0 Å². The molecule has 1 fully saturated rings. The standard InChI is InChI=1S/C29H42BN3O6/c1-26(2,3)22-17-36-24(32-22)23(34)31-21-13-14-33(25(35)37-27(4,5)6)16-18-15-19(11-12-20(18)21)30-38-28(7,8)29(9,10)39-30/h11-12,15,17,21H,13-14,16H2,1-10H3,(H,31,34)/t21-/m1/s1. The number of oxazole rings is 1. The SMILES string of the molecule is CC(C)(C)OC(=O)N1CC[C@@H](NC(=O)c2nc(C(C)(C)C)co2)c2ccc(B3OC(C)(C)C(C)(C)O3)cc2C1. The van der Waals surface area contributed by atoms with Crippen LogP contribution in [0.15, 0.2) is 28.9 Å². The number of fused-ring (bicyclic) bond motifs is 1. The third-order valence-electron chi connectivity index (χ3n) is 7.54. The fourth-order valence-electron chi connectivity index (χ4n) is 4.53. The first kappa shape index (κ1) is 29.1. The lowest BCUT2D eigenvalue weighted by Crippen LogP contribution is -2.41. The summed E-state index contributed by atoms with van der Waals surface area (Å²) in [6.07, 6.45) is 1.63. The molecule has 212 valence electrons. The van der Waals surface area contributed by atoms with Gasteiger partial charge in [-0.15, -0.1) is 0 Å². The molecule has 2 aliphatic heterocycles. The molecule has 0 aliphatic carbocycles. The molecule has 1 atom stereocenters. The van der Waals surface area contributed by atoms with Crippen molar-refractivity contribution in [1.29, 1.82) is 0 Å². The van der Waals surface area contributed by atoms with Gasteiger partial charge in [-0.2, -0.15) is 0 Å². The topological polar surface area (TPSA) is 103 Å². The molecule has 2 aliphatic rings. The van der Waals surface area contributed by atoms with E-state index in [4.69, 9.17) is 18.5 Å². The van der Waals surface area contributed by atoms with Gasteiger partial charge in [-0.05, 0) is 71.5 Å². The maximum Gasteiger partial charge on any atom is 0.494 e. The fourth-order valence-corrected chi connectivity index (χ4v) is 4.53. The maximum absolute atomic E-state index is 13.2. The van der Waals surface area contributed by atoms with E-state index in [2.05, 4.69) is 10.3 Å². The van der Waals surface area contributed by atoms with Gasteiger partial charge in [-0.1, -0.05) is 39.0 Å². The van der Waals surface area contributed by atoms with Gasteiger partial charge in [0, 0.05) is 18.5 Å². The minimum Gasteiger partial charge on any atom is -0.444 e. The molecule has 0 bridgehead atoms. The van der Waals surface area contributed by atoms with Gasteiger partial charge >= 0.3 is 19.1 Å². The van der Waals surface area contributed by atoms with Gasteiger partial charge in [0.05, 0.1) is 22.9 Å². The van der Waals surface area contributed by atoms with Gasteiger partial charge in [0.1, 0.15) is 11.9 Å². The van der Waals surface area contributed by atoms with Crippen LogP contribution < -0.4 is 10.8 Å². The van der Waals surface area contributed by atoms with E-state index in [1.165, 1.54) is 6.26 Å². The van der Waals surface area contributed by atoms with Crippen molar-refractivity contribution in [3.05, 3.63) is 47.2 Å². The van der Waals surface area contributed by atoms with Crippen LogP contribution in [0.2, 0.25) is 0 Å². The first-order valence-electron chi connectivity index (χ1n) is 13.6. The number of ether oxygens (including phenoxy) is 1. The van der Waals surface area contributed by atoms with Crippen LogP contribution in [-0.4, -0.2) is 52.4 Å². The minimum atomic E-state index is -0.625. The zero-order valence-electron chi connectivity index (χ0n) is 24.9. The average Bonchev–Trinajstić information content (AvgIpc) is 3.31. The highest BCUT2D eigenvalue weighted by molar-refractivity contribution is 6.62. The van der Waals surface area contributed by atoms with Crippen molar-refractivity contribution in [2.75, 3.05) is 6.54 Å². The normalized spacial score (nSPS) is 20.8. The summed E-state index contributed by atoms with van der Waals surface area (Å²) in [7, 11) is -0.547. The molecule has 3 heterocycles. The molecule has 9 nitrogen and oxygen atoms in total. The number of nitrogens with zero attached hydrogens (tertiary/aromatic N) is 2. The average molecular weight is 539 g/mol. The Morgan fingerprint density at radius 3 is 2.28 bits per heavy atom. The van der Waals surface area contributed by atoms with Gasteiger partial charge in [-0.25, -0.2) is 9.78 Å². The number of amides is 2. The predicted octanol–water partition coefficient (Wildman–Crippen LogP) is 4.88. The molecule has 0 radical (unpaired) electrons. The van der Waals surface area contributed by atoms with Crippen molar-refractivity contribution in [3.8, 4) is 0 Å². The van der Waals surface area contributed by atoms with Crippen molar-refractivity contribution >= 4 is 24.6 Å². The van der Waals surface area contributed by atoms with E-state index in [0.29, 0.717) is 25.2 Å². The summed E-state index contributed by atoms with van der Waals surface area (Å²) in [5.41, 5.74) is 1.53. The van der Waals surface area contributed by atoms with Crippen LogP contribution in [0.3, 0.4) is 0 Å². The second-order valence-electron chi connectivity index (χ2n) is 13.6. The monoisotopic (exact) mass is 539 g/mol. The van der Waals surface area contributed by atoms with E-state index in [9.17, 15) is 9.59 Å². The Balaban J connectivity index is 1.64. The minimum absolute atomic E-state index is 0.0172. The number of carbonyl (C=O) groups is 2. The second-order valence-corrected chi connectivity index (χ2v) is 13.6. The quantitative estimate of drug-likeness (QED) is 0.555. The predicted molar refractivity (Wildman–Crippen MR) is 149 cm³/mol. The summed E-state index contributed by atoms with van der Waals surface area (Å²) in [4.78, 5) is 32.3. The van der Waals surface area contributed by atoms with Crippen molar-refractivity contribution in [1.82, 2.24) is 15.2 Å². The van der Waals surface area contributed by atoms with Gasteiger partial charge in [0.2, 0.25) is 0 Å². The second kappa shape index (κ2) is 9.96. The number of rotatable bonds is 3. The van der Waals surface area contributed by atoms with Gasteiger partial charge in [0.15, 0.2) is 0 Å². The van der Waals surface area contributed by atoms with E-state index in [-0.39, 0.29) is 17.3 Å². The molecule has 0 unspecified atom stereocenters. The third-order valence-corrected chi connectivity index (χ3v) is 7.54. The molecular weight excluding hydrogens is 497 g/mol. The zero-order valence-corrected chi connectivity index (χ0v) is 24.9. The van der Waals surface area contributed by atoms with Gasteiger partial charge in [0.25, 0.3) is 5.89 Å². The molecule has 1 N–H and O–H groups in total. The number of nitrogens with one attached hydrogen (secondary N) is 1. The van der Waals surface area contributed by atoms with Gasteiger partial charge in [-0.3, -0.25) is 4.79 Å². The maximum atomic E-state index is 13.2. The van der Waals surface area contributed by atoms with E-state index < -0.39 is 35.9 Å². The highest BCUT2D eigenvalue weighted by atomic mass is 16.7. The van der Waals surface area contributed by atoms with Crippen LogP contribution >= 0.6 is 0 Å². The van der Waals surface area contributed by atoms with Crippen LogP contribution in [-0.2, 0) is 26.0 Å². The Bertz CT molecular complexity index is 1220. The highest BCUT2D eigenvalue weighted by Gasteiger charge is 2.51. The molecule has 10 heteroatoms. The van der Waals surface area contributed by atoms with E-state index in [0.717, 1.165) is 16.6 Å². The van der Waals surface area contributed by atoms with E-state index in [1.54, 1.807) is 4.90 Å². The third kappa shape index (κ3) is 6.33. The molecule has 4 rings (SSSR count). The highest BCUT2D eigenvalue weighted by Crippen LogP contribution is 2.37. The van der Waals surface area contributed by atoms with Crippen LogP contribution in [0.5, 0.6) is 0 Å². The Hall–Kier alpha value is -2.85. The summed E-state index contributed by atoms with van der Waals surface area (Å²) < 4.78 is 23.7. The Morgan fingerprint density at radius 1 is 1.08 bits per heavy atom. The molecule has 2 amide bonds. The number of hydrogen-bond donors (Lipinski definition) is 1. The Morgan fingerprint density at radius 2 is 1.72 bits per heavy atom. The summed E-state index contributed by atoms with van der Waals surface area (Å²) in [5, 5.41) is 3.08. The molecule has 39 heavy (non-hydrogen) atoms. The molecule has 1 aromatic carbocycles. The van der Waals surface area contributed by atoms with Crippen LogP contribution in [0.4, 0.5) is 4.79 Å². The van der Waals surface area contributed by atoms with E-state index in [1.807, 2.05) is 87.4 Å². The van der Waals surface area contributed by atoms with E-state index >= 15 is 0 Å². The lowest BCUT2D eigenvalue weighted by atomic mass is 9.77. The lowest BCUT2D eigenvalue weighted by molar-refractivity contribution is 0.00578. The smallest absolute Gasteiger partial charge is 0.444 e. The van der Waals surface area contributed by atoms with Gasteiger partial charge < -0.3 is 28.7 Å². The van der Waals surface area contributed by atoms with Crippen LogP contribution in [0, 0.1) is 0 Å². The Labute approximate surface area is 232 Å². The summed E-state index contributed by atoms with van der Waals surface area (Å²) in [6, 6.07) is 5.58. The Kier molecular flexibility index (Phi) is 7.45. The summed E-state index contributed by atoms with van der Waals surface area (Å²) >= 11 is 0. The molecule has 0 spiro atoms. The number of carbonyl (C=O) groups excluding carboxylic acids is 2. The number of hydrogen-bond acceptors (Lipinski definition) is 7. The van der Waals surface area contributed by atoms with Crippen molar-refractivity contribution in [2.24, 2.45) is 0 Å². The molecular formula is C29H42BN3O6. The van der Waals surface area contributed by atoms with Crippen LogP contribution in [0.1, 0.15) is 109 Å². The van der Waals surface area contributed by atoms with Crippen molar-refractivity contribution in [2.45, 2.75) is 110 Å². The van der Waals surface area contributed by atoms with Crippen molar-refractivity contribution in [3.63, 3.8) is 0 Å². The number of aromatic nitrogens is 1. The fraction of sp³-hybridized carbons (Fsp3) is 0.621.